The van der Waals surface area contributed by atoms with Crippen LogP contribution in [0.15, 0.2) is 24.3 Å². The lowest BCUT2D eigenvalue weighted by Gasteiger charge is -2.36. The highest BCUT2D eigenvalue weighted by Crippen LogP contribution is 2.37. The summed E-state index contributed by atoms with van der Waals surface area (Å²) in [6.45, 7) is 11.3. The molecule has 2 heteroatoms. The monoisotopic (exact) mass is 246 g/mol. The summed E-state index contributed by atoms with van der Waals surface area (Å²) in [7, 11) is 0. The molecule has 1 aliphatic heterocycles. The van der Waals surface area contributed by atoms with Crippen molar-refractivity contribution >= 4 is 5.69 Å². The Balaban J connectivity index is 2.33. The molecule has 0 amide bonds. The Bertz CT molecular complexity index is 398. The second-order valence-electron chi connectivity index (χ2n) is 5.91. The zero-order valence-electron chi connectivity index (χ0n) is 12.2. The minimum atomic E-state index is 0.294. The molecule has 0 spiro atoms. The summed E-state index contributed by atoms with van der Waals surface area (Å²) in [6, 6.07) is 9.26. The smallest absolute Gasteiger partial charge is 0.0419 e. The second-order valence-corrected chi connectivity index (χ2v) is 5.91. The van der Waals surface area contributed by atoms with Crippen molar-refractivity contribution in [1.82, 2.24) is 5.32 Å². The normalized spacial score (nSPS) is 20.1. The summed E-state index contributed by atoms with van der Waals surface area (Å²) in [4.78, 5) is 2.58. The van der Waals surface area contributed by atoms with Gasteiger partial charge in [0.2, 0.25) is 0 Å². The number of nitrogens with one attached hydrogen (secondary N) is 1. The minimum absolute atomic E-state index is 0.294. The third-order valence-corrected chi connectivity index (χ3v) is 4.11. The van der Waals surface area contributed by atoms with Gasteiger partial charge in [-0.1, -0.05) is 25.1 Å². The summed E-state index contributed by atoms with van der Waals surface area (Å²) in [6.07, 6.45) is 2.59. The van der Waals surface area contributed by atoms with E-state index in [0.717, 1.165) is 6.54 Å². The highest BCUT2D eigenvalue weighted by atomic mass is 15.2. The fraction of sp³-hybridized carbons (Fsp3) is 0.625. The van der Waals surface area contributed by atoms with Crippen LogP contribution in [0.5, 0.6) is 0 Å². The maximum Gasteiger partial charge on any atom is 0.0419 e. The summed E-state index contributed by atoms with van der Waals surface area (Å²) < 4.78 is 0. The molecule has 1 N–H and O–H groups in total. The second kappa shape index (κ2) is 5.31. The average Bonchev–Trinajstić information content (AvgIpc) is 2.69. The van der Waals surface area contributed by atoms with Gasteiger partial charge in [0.1, 0.15) is 0 Å². The highest BCUT2D eigenvalue weighted by molar-refractivity contribution is 5.57. The van der Waals surface area contributed by atoms with Gasteiger partial charge in [-0.2, -0.15) is 0 Å². The molecule has 2 nitrogen and oxygen atoms in total. The Morgan fingerprint density at radius 1 is 1.33 bits per heavy atom. The molecule has 0 aromatic heterocycles. The topological polar surface area (TPSA) is 15.3 Å². The van der Waals surface area contributed by atoms with E-state index in [0.29, 0.717) is 11.6 Å². The lowest BCUT2D eigenvalue weighted by Crippen LogP contribution is -2.39. The molecule has 0 radical (unpaired) electrons. The van der Waals surface area contributed by atoms with Crippen LogP contribution in [0, 0.1) is 0 Å². The Morgan fingerprint density at radius 2 is 2.06 bits per heavy atom. The van der Waals surface area contributed by atoms with E-state index in [-0.39, 0.29) is 0 Å². The zero-order valence-corrected chi connectivity index (χ0v) is 12.2. The van der Waals surface area contributed by atoms with Gasteiger partial charge in [-0.3, -0.25) is 0 Å². The molecule has 1 aliphatic rings. The van der Waals surface area contributed by atoms with E-state index in [2.05, 4.69) is 62.2 Å². The fourth-order valence-electron chi connectivity index (χ4n) is 3.07. The number of hydrogen-bond acceptors (Lipinski definition) is 2. The SMILES string of the molecule is CCNC(C)c1ccccc1N1CCCC1(C)C. The van der Waals surface area contributed by atoms with Crippen molar-refractivity contribution in [2.75, 3.05) is 18.0 Å². The third kappa shape index (κ3) is 2.54. The van der Waals surface area contributed by atoms with Crippen molar-refractivity contribution in [2.24, 2.45) is 0 Å². The van der Waals surface area contributed by atoms with E-state index in [4.69, 9.17) is 0 Å². The van der Waals surface area contributed by atoms with Gasteiger partial charge in [0, 0.05) is 23.8 Å². The van der Waals surface area contributed by atoms with Crippen LogP contribution in [0.25, 0.3) is 0 Å². The summed E-state index contributed by atoms with van der Waals surface area (Å²) in [5.41, 5.74) is 3.13. The fourth-order valence-corrected chi connectivity index (χ4v) is 3.07. The number of anilines is 1. The number of benzene rings is 1. The minimum Gasteiger partial charge on any atom is -0.366 e. The zero-order chi connectivity index (χ0) is 13.2. The molecule has 1 heterocycles. The Kier molecular flexibility index (Phi) is 3.96. The highest BCUT2D eigenvalue weighted by Gasteiger charge is 2.33. The van der Waals surface area contributed by atoms with Gasteiger partial charge in [0.15, 0.2) is 0 Å². The summed E-state index contributed by atoms with van der Waals surface area (Å²) in [5, 5.41) is 3.53. The quantitative estimate of drug-likeness (QED) is 0.870. The molecular formula is C16H26N2. The van der Waals surface area contributed by atoms with E-state index in [9.17, 15) is 0 Å². The molecule has 1 unspecified atom stereocenters. The summed E-state index contributed by atoms with van der Waals surface area (Å²) >= 11 is 0. The van der Waals surface area contributed by atoms with Crippen molar-refractivity contribution in [1.29, 1.82) is 0 Å². The van der Waals surface area contributed by atoms with Gasteiger partial charge in [0.25, 0.3) is 0 Å². The molecule has 1 saturated heterocycles. The predicted molar refractivity (Wildman–Crippen MR) is 79.2 cm³/mol. The van der Waals surface area contributed by atoms with Crippen molar-refractivity contribution < 1.29 is 0 Å². The first kappa shape index (κ1) is 13.4. The molecule has 1 aromatic carbocycles. The molecule has 1 aromatic rings. The van der Waals surface area contributed by atoms with Crippen LogP contribution < -0.4 is 10.2 Å². The Hall–Kier alpha value is -1.02. The molecule has 1 fully saturated rings. The lowest BCUT2D eigenvalue weighted by molar-refractivity contribution is 0.512. The van der Waals surface area contributed by atoms with Gasteiger partial charge in [0.05, 0.1) is 0 Å². The first-order valence-electron chi connectivity index (χ1n) is 7.16. The van der Waals surface area contributed by atoms with Crippen LogP contribution in [-0.4, -0.2) is 18.6 Å². The van der Waals surface area contributed by atoms with Crippen LogP contribution in [0.4, 0.5) is 5.69 Å². The Labute approximate surface area is 111 Å². The van der Waals surface area contributed by atoms with Gasteiger partial charge in [-0.05, 0) is 51.8 Å². The van der Waals surface area contributed by atoms with Crippen molar-refractivity contribution in [3.63, 3.8) is 0 Å². The number of para-hydroxylation sites is 1. The van der Waals surface area contributed by atoms with Crippen LogP contribution in [0.1, 0.15) is 52.1 Å². The number of hydrogen-bond donors (Lipinski definition) is 1. The van der Waals surface area contributed by atoms with Gasteiger partial charge >= 0.3 is 0 Å². The maximum atomic E-state index is 3.53. The van der Waals surface area contributed by atoms with E-state index in [1.807, 2.05) is 0 Å². The molecule has 100 valence electrons. The van der Waals surface area contributed by atoms with Crippen molar-refractivity contribution in [2.45, 2.75) is 52.1 Å². The van der Waals surface area contributed by atoms with Crippen LogP contribution in [0.2, 0.25) is 0 Å². The molecular weight excluding hydrogens is 220 g/mol. The molecule has 0 saturated carbocycles. The van der Waals surface area contributed by atoms with Crippen molar-refractivity contribution in [3.8, 4) is 0 Å². The van der Waals surface area contributed by atoms with E-state index < -0.39 is 0 Å². The van der Waals surface area contributed by atoms with Crippen LogP contribution in [0.3, 0.4) is 0 Å². The van der Waals surface area contributed by atoms with Crippen LogP contribution >= 0.6 is 0 Å². The van der Waals surface area contributed by atoms with Gasteiger partial charge in [-0.25, -0.2) is 0 Å². The predicted octanol–water partition coefficient (Wildman–Crippen LogP) is 3.74. The van der Waals surface area contributed by atoms with Crippen molar-refractivity contribution in [3.05, 3.63) is 29.8 Å². The van der Waals surface area contributed by atoms with E-state index in [1.165, 1.54) is 30.6 Å². The first-order chi connectivity index (χ1) is 8.56. The standard InChI is InChI=1S/C16H26N2/c1-5-17-13(2)14-9-6-7-10-15(14)18-12-8-11-16(18,3)4/h6-7,9-10,13,17H,5,8,11-12H2,1-4H3. The van der Waals surface area contributed by atoms with E-state index in [1.54, 1.807) is 0 Å². The molecule has 1 atom stereocenters. The molecule has 0 bridgehead atoms. The third-order valence-electron chi connectivity index (χ3n) is 4.11. The lowest BCUT2D eigenvalue weighted by atomic mass is 9.99. The average molecular weight is 246 g/mol. The largest absolute Gasteiger partial charge is 0.366 e. The number of rotatable bonds is 4. The maximum absolute atomic E-state index is 3.53. The molecule has 0 aliphatic carbocycles. The Morgan fingerprint density at radius 3 is 2.67 bits per heavy atom. The summed E-state index contributed by atoms with van der Waals surface area (Å²) in [5.74, 6) is 0. The van der Waals surface area contributed by atoms with E-state index >= 15 is 0 Å². The van der Waals surface area contributed by atoms with Crippen LogP contribution in [-0.2, 0) is 0 Å². The first-order valence-corrected chi connectivity index (χ1v) is 7.16. The molecule has 18 heavy (non-hydrogen) atoms. The van der Waals surface area contributed by atoms with Gasteiger partial charge in [-0.15, -0.1) is 0 Å². The molecule has 2 rings (SSSR count). The number of nitrogens with zero attached hydrogens (tertiary/aromatic N) is 1. The van der Waals surface area contributed by atoms with Gasteiger partial charge < -0.3 is 10.2 Å².